The van der Waals surface area contributed by atoms with Gasteiger partial charge in [0, 0.05) is 36.1 Å². The zero-order valence-electron chi connectivity index (χ0n) is 15.5. The molecule has 3 N–H and O–H groups in total. The summed E-state index contributed by atoms with van der Waals surface area (Å²) in [6.07, 6.45) is 1.73. The molecule has 0 saturated carbocycles. The van der Waals surface area contributed by atoms with E-state index in [1.807, 2.05) is 26.0 Å². The van der Waals surface area contributed by atoms with Crippen molar-refractivity contribution in [3.05, 3.63) is 34.9 Å². The standard InChI is InChI=1S/C19H24ClN5O2/c1-12-16(13(2)24-23-12)9-14(11-21)19(26)22-17-10-15(20)3-4-18(17)25-5-7-27-8-6-25/h3-4,9-10,12-13,16,23-24H,5-8H2,1-2H3,(H,22,26)/b14-9-. The molecule has 3 rings (SSSR count). The number of ether oxygens (including phenoxy) is 1. The van der Waals surface area contributed by atoms with Crippen molar-refractivity contribution in [3.63, 3.8) is 0 Å². The van der Waals surface area contributed by atoms with Gasteiger partial charge in [-0.2, -0.15) is 5.26 Å². The predicted octanol–water partition coefficient (Wildman–Crippen LogP) is 2.07. The minimum absolute atomic E-state index is 0.0449. The van der Waals surface area contributed by atoms with Crippen molar-refractivity contribution >= 4 is 28.9 Å². The molecule has 0 aliphatic carbocycles. The van der Waals surface area contributed by atoms with Gasteiger partial charge in [-0.3, -0.25) is 15.6 Å². The molecule has 0 bridgehead atoms. The minimum atomic E-state index is -0.430. The maximum atomic E-state index is 12.8. The molecule has 8 heteroatoms. The lowest BCUT2D eigenvalue weighted by Crippen LogP contribution is -2.36. The minimum Gasteiger partial charge on any atom is -0.378 e. The first-order chi connectivity index (χ1) is 13.0. The fourth-order valence-electron chi connectivity index (χ4n) is 3.41. The Labute approximate surface area is 164 Å². The quantitative estimate of drug-likeness (QED) is 0.539. The molecule has 2 saturated heterocycles. The van der Waals surface area contributed by atoms with E-state index in [1.54, 1.807) is 18.2 Å². The van der Waals surface area contributed by atoms with E-state index in [0.29, 0.717) is 23.9 Å². The van der Waals surface area contributed by atoms with Crippen LogP contribution in [0.15, 0.2) is 29.8 Å². The van der Waals surface area contributed by atoms with Crippen LogP contribution in [0.2, 0.25) is 5.02 Å². The number of nitriles is 1. The summed E-state index contributed by atoms with van der Waals surface area (Å²) in [6, 6.07) is 7.68. The monoisotopic (exact) mass is 389 g/mol. The van der Waals surface area contributed by atoms with Gasteiger partial charge >= 0.3 is 0 Å². The Morgan fingerprint density at radius 3 is 2.63 bits per heavy atom. The van der Waals surface area contributed by atoms with Gasteiger partial charge in [0.2, 0.25) is 0 Å². The number of carbonyl (C=O) groups is 1. The maximum absolute atomic E-state index is 12.8. The Balaban J connectivity index is 1.82. The lowest BCUT2D eigenvalue weighted by Gasteiger charge is -2.30. The van der Waals surface area contributed by atoms with Gasteiger partial charge in [-0.25, -0.2) is 0 Å². The first kappa shape index (κ1) is 19.6. The highest BCUT2D eigenvalue weighted by atomic mass is 35.5. The Kier molecular flexibility index (Phi) is 6.34. The highest BCUT2D eigenvalue weighted by Crippen LogP contribution is 2.30. The highest BCUT2D eigenvalue weighted by molar-refractivity contribution is 6.31. The summed E-state index contributed by atoms with van der Waals surface area (Å²) in [6.45, 7) is 6.77. The van der Waals surface area contributed by atoms with Gasteiger partial charge in [-0.05, 0) is 32.0 Å². The maximum Gasteiger partial charge on any atom is 0.266 e. The summed E-state index contributed by atoms with van der Waals surface area (Å²) in [7, 11) is 0. The van der Waals surface area contributed by atoms with E-state index in [-0.39, 0.29) is 23.6 Å². The fourth-order valence-corrected chi connectivity index (χ4v) is 3.58. The number of morpholine rings is 1. The number of carbonyl (C=O) groups excluding carboxylic acids is 1. The molecule has 7 nitrogen and oxygen atoms in total. The molecule has 2 aliphatic heterocycles. The normalized spacial score (nSPS) is 25.9. The van der Waals surface area contributed by atoms with Crippen LogP contribution in [-0.2, 0) is 9.53 Å². The number of hydrogen-bond donors (Lipinski definition) is 3. The number of nitrogens with one attached hydrogen (secondary N) is 3. The second-order valence-electron chi connectivity index (χ2n) is 6.85. The molecule has 2 atom stereocenters. The summed E-state index contributed by atoms with van der Waals surface area (Å²) >= 11 is 6.14. The second-order valence-corrected chi connectivity index (χ2v) is 7.29. The topological polar surface area (TPSA) is 89.4 Å². The number of halogens is 1. The molecule has 1 aromatic carbocycles. The van der Waals surface area contributed by atoms with Crippen LogP contribution in [0.3, 0.4) is 0 Å². The SMILES string of the molecule is CC1NNC(C)C1/C=C(/C#N)C(=O)Nc1cc(Cl)ccc1N1CCOCC1. The first-order valence-corrected chi connectivity index (χ1v) is 9.44. The lowest BCUT2D eigenvalue weighted by molar-refractivity contribution is -0.112. The van der Waals surface area contributed by atoms with Gasteiger partial charge in [0.1, 0.15) is 11.6 Å². The van der Waals surface area contributed by atoms with E-state index >= 15 is 0 Å². The molecule has 144 valence electrons. The molecule has 0 spiro atoms. The molecule has 0 radical (unpaired) electrons. The third kappa shape index (κ3) is 4.60. The van der Waals surface area contributed by atoms with Crippen molar-refractivity contribution in [1.82, 2.24) is 10.9 Å². The Morgan fingerprint density at radius 1 is 1.33 bits per heavy atom. The first-order valence-electron chi connectivity index (χ1n) is 9.06. The van der Waals surface area contributed by atoms with Crippen molar-refractivity contribution in [2.24, 2.45) is 5.92 Å². The van der Waals surface area contributed by atoms with E-state index in [1.165, 1.54) is 0 Å². The van der Waals surface area contributed by atoms with Gasteiger partial charge in [0.05, 0.1) is 24.6 Å². The lowest BCUT2D eigenvalue weighted by atomic mass is 9.94. The molecular weight excluding hydrogens is 366 g/mol. The summed E-state index contributed by atoms with van der Waals surface area (Å²) < 4.78 is 5.40. The third-order valence-corrected chi connectivity index (χ3v) is 5.21. The van der Waals surface area contributed by atoms with Crippen LogP contribution in [0.4, 0.5) is 11.4 Å². The molecule has 2 aliphatic rings. The number of hydrazine groups is 1. The number of benzene rings is 1. The van der Waals surface area contributed by atoms with Crippen LogP contribution >= 0.6 is 11.6 Å². The van der Waals surface area contributed by atoms with Crippen LogP contribution in [0.5, 0.6) is 0 Å². The van der Waals surface area contributed by atoms with E-state index in [4.69, 9.17) is 16.3 Å². The predicted molar refractivity (Wildman–Crippen MR) is 105 cm³/mol. The average molecular weight is 390 g/mol. The van der Waals surface area contributed by atoms with Crippen LogP contribution < -0.4 is 21.1 Å². The number of anilines is 2. The molecule has 0 aromatic heterocycles. The summed E-state index contributed by atoms with van der Waals surface area (Å²) in [4.78, 5) is 14.9. The molecule has 2 heterocycles. The van der Waals surface area contributed by atoms with Gasteiger partial charge < -0.3 is 15.0 Å². The van der Waals surface area contributed by atoms with Crippen molar-refractivity contribution in [1.29, 1.82) is 5.26 Å². The summed E-state index contributed by atoms with van der Waals surface area (Å²) in [5.41, 5.74) is 7.82. The van der Waals surface area contributed by atoms with Crippen LogP contribution in [0, 0.1) is 17.2 Å². The number of rotatable bonds is 4. The smallest absolute Gasteiger partial charge is 0.266 e. The van der Waals surface area contributed by atoms with Gasteiger partial charge in [-0.15, -0.1) is 0 Å². The Bertz CT molecular complexity index is 760. The van der Waals surface area contributed by atoms with Crippen LogP contribution in [-0.4, -0.2) is 44.3 Å². The van der Waals surface area contributed by atoms with Crippen LogP contribution in [0.1, 0.15) is 13.8 Å². The number of nitrogens with zero attached hydrogens (tertiary/aromatic N) is 2. The van der Waals surface area contributed by atoms with Crippen LogP contribution in [0.25, 0.3) is 0 Å². The van der Waals surface area contributed by atoms with Gasteiger partial charge in [0.15, 0.2) is 0 Å². The van der Waals surface area contributed by atoms with Gasteiger partial charge in [-0.1, -0.05) is 17.7 Å². The zero-order chi connectivity index (χ0) is 19.4. The van der Waals surface area contributed by atoms with E-state index in [2.05, 4.69) is 21.1 Å². The summed E-state index contributed by atoms with van der Waals surface area (Å²) in [5.74, 6) is -0.385. The zero-order valence-corrected chi connectivity index (χ0v) is 16.2. The molecule has 1 amide bonds. The molecule has 1 aromatic rings. The fraction of sp³-hybridized carbons (Fsp3) is 0.474. The molecule has 2 fully saturated rings. The van der Waals surface area contributed by atoms with E-state index in [9.17, 15) is 10.1 Å². The number of hydrogen-bond acceptors (Lipinski definition) is 6. The van der Waals surface area contributed by atoms with E-state index in [0.717, 1.165) is 18.8 Å². The third-order valence-electron chi connectivity index (χ3n) is 4.98. The summed E-state index contributed by atoms with van der Waals surface area (Å²) in [5, 5.41) is 12.9. The largest absolute Gasteiger partial charge is 0.378 e. The molecular formula is C19H24ClN5O2. The molecule has 27 heavy (non-hydrogen) atoms. The Hall–Kier alpha value is -2.11. The van der Waals surface area contributed by atoms with Crippen molar-refractivity contribution in [3.8, 4) is 6.07 Å². The Morgan fingerprint density at radius 2 is 2.00 bits per heavy atom. The van der Waals surface area contributed by atoms with Crippen molar-refractivity contribution in [2.75, 3.05) is 36.5 Å². The van der Waals surface area contributed by atoms with Crippen molar-refractivity contribution < 1.29 is 9.53 Å². The highest BCUT2D eigenvalue weighted by Gasteiger charge is 2.29. The van der Waals surface area contributed by atoms with E-state index < -0.39 is 5.91 Å². The second kappa shape index (κ2) is 8.72. The van der Waals surface area contributed by atoms with Gasteiger partial charge in [0.25, 0.3) is 5.91 Å². The average Bonchev–Trinajstić information content (AvgIpc) is 2.98. The van der Waals surface area contributed by atoms with Crippen molar-refractivity contribution in [2.45, 2.75) is 25.9 Å². The molecule has 2 unspecified atom stereocenters. The number of amides is 1.